The largest absolute Gasteiger partial charge is 0.294 e. The third-order valence-electron chi connectivity index (χ3n) is 2.92. The van der Waals surface area contributed by atoms with E-state index in [1.165, 1.54) is 12.1 Å². The summed E-state index contributed by atoms with van der Waals surface area (Å²) < 4.78 is 13.2. The number of halogens is 2. The first-order valence-electron chi connectivity index (χ1n) is 6.08. The van der Waals surface area contributed by atoms with Gasteiger partial charge in [0.1, 0.15) is 5.82 Å². The van der Waals surface area contributed by atoms with Crippen molar-refractivity contribution in [3.63, 3.8) is 0 Å². The van der Waals surface area contributed by atoms with Crippen LogP contribution in [0.4, 0.5) is 4.39 Å². The van der Waals surface area contributed by atoms with Crippen LogP contribution in [0.2, 0.25) is 5.02 Å². The summed E-state index contributed by atoms with van der Waals surface area (Å²) >= 11 is 5.75. The molecule has 0 aliphatic rings. The van der Waals surface area contributed by atoms with Crippen LogP contribution in [-0.4, -0.2) is 5.78 Å². The van der Waals surface area contributed by atoms with E-state index in [-0.39, 0.29) is 16.7 Å². The van der Waals surface area contributed by atoms with Crippen molar-refractivity contribution in [1.82, 2.24) is 0 Å². The van der Waals surface area contributed by atoms with E-state index in [1.54, 1.807) is 6.07 Å². The zero-order valence-corrected chi connectivity index (χ0v) is 11.1. The van der Waals surface area contributed by atoms with Crippen LogP contribution in [0.25, 0.3) is 0 Å². The summed E-state index contributed by atoms with van der Waals surface area (Å²) in [5.74, 6) is -0.471. The molecule has 0 radical (unpaired) electrons. The molecular weight excluding hydrogens is 239 g/mol. The number of Topliss-reactive ketones (excluding diaryl/α,β-unsaturated/α-hetero) is 1. The fourth-order valence-corrected chi connectivity index (χ4v) is 2.12. The van der Waals surface area contributed by atoms with Gasteiger partial charge in [-0.1, -0.05) is 38.3 Å². The molecule has 0 aromatic heterocycles. The highest BCUT2D eigenvalue weighted by atomic mass is 35.5. The van der Waals surface area contributed by atoms with Gasteiger partial charge < -0.3 is 0 Å². The summed E-state index contributed by atoms with van der Waals surface area (Å²) in [6.07, 6.45) is 3.73. The molecule has 0 bridgehead atoms. The maximum atomic E-state index is 13.2. The monoisotopic (exact) mass is 256 g/mol. The maximum absolute atomic E-state index is 13.2. The molecule has 1 aromatic carbocycles. The summed E-state index contributed by atoms with van der Waals surface area (Å²) in [5.41, 5.74) is 0.387. The summed E-state index contributed by atoms with van der Waals surface area (Å²) in [6.45, 7) is 4.08. The molecule has 3 heteroatoms. The molecule has 0 fully saturated rings. The SMILES string of the molecule is CCCCC(CC)C(=O)c1cc(F)cc(Cl)c1. The number of unbranched alkanes of at least 4 members (excludes halogenated alkanes) is 1. The lowest BCUT2D eigenvalue weighted by Gasteiger charge is -2.13. The van der Waals surface area contributed by atoms with Crippen LogP contribution in [0.5, 0.6) is 0 Å². The van der Waals surface area contributed by atoms with E-state index in [4.69, 9.17) is 11.6 Å². The van der Waals surface area contributed by atoms with Crippen molar-refractivity contribution in [2.75, 3.05) is 0 Å². The Balaban J connectivity index is 2.85. The topological polar surface area (TPSA) is 17.1 Å². The van der Waals surface area contributed by atoms with Gasteiger partial charge in [0.2, 0.25) is 0 Å². The molecule has 0 saturated carbocycles. The molecule has 0 amide bonds. The highest BCUT2D eigenvalue weighted by molar-refractivity contribution is 6.31. The Hall–Kier alpha value is -0.890. The minimum absolute atomic E-state index is 0.00218. The zero-order chi connectivity index (χ0) is 12.8. The Kier molecular flexibility index (Phi) is 5.63. The van der Waals surface area contributed by atoms with Gasteiger partial charge in [0.15, 0.2) is 5.78 Å². The van der Waals surface area contributed by atoms with Crippen LogP contribution < -0.4 is 0 Å². The number of carbonyl (C=O) groups is 1. The van der Waals surface area contributed by atoms with Crippen LogP contribution in [0.15, 0.2) is 18.2 Å². The van der Waals surface area contributed by atoms with Crippen LogP contribution in [0.3, 0.4) is 0 Å². The predicted molar refractivity (Wildman–Crippen MR) is 69.0 cm³/mol. The van der Waals surface area contributed by atoms with Crippen molar-refractivity contribution in [3.8, 4) is 0 Å². The first-order chi connectivity index (χ1) is 8.08. The van der Waals surface area contributed by atoms with E-state index in [0.29, 0.717) is 5.56 Å². The van der Waals surface area contributed by atoms with Crippen molar-refractivity contribution >= 4 is 17.4 Å². The van der Waals surface area contributed by atoms with Gasteiger partial charge in [0, 0.05) is 16.5 Å². The quantitative estimate of drug-likeness (QED) is 0.663. The lowest BCUT2D eigenvalue weighted by Crippen LogP contribution is -2.14. The zero-order valence-electron chi connectivity index (χ0n) is 10.3. The van der Waals surface area contributed by atoms with Gasteiger partial charge in [0.05, 0.1) is 0 Å². The summed E-state index contributed by atoms with van der Waals surface area (Å²) in [5, 5.41) is 0.277. The maximum Gasteiger partial charge on any atom is 0.166 e. The molecular formula is C14H18ClFO. The van der Waals surface area contributed by atoms with E-state index in [0.717, 1.165) is 25.7 Å². The second kappa shape index (κ2) is 6.75. The van der Waals surface area contributed by atoms with E-state index < -0.39 is 5.82 Å². The molecule has 1 atom stereocenters. The molecule has 94 valence electrons. The Morgan fingerprint density at radius 1 is 1.35 bits per heavy atom. The first kappa shape index (κ1) is 14.2. The molecule has 1 unspecified atom stereocenters. The van der Waals surface area contributed by atoms with Crippen molar-refractivity contribution in [2.24, 2.45) is 5.92 Å². The Morgan fingerprint density at radius 3 is 2.59 bits per heavy atom. The van der Waals surface area contributed by atoms with Gasteiger partial charge in [-0.15, -0.1) is 0 Å². The first-order valence-corrected chi connectivity index (χ1v) is 6.46. The molecule has 0 heterocycles. The van der Waals surface area contributed by atoms with Gasteiger partial charge in [0.25, 0.3) is 0 Å². The van der Waals surface area contributed by atoms with Crippen LogP contribution >= 0.6 is 11.6 Å². The molecule has 0 aliphatic heterocycles. The Morgan fingerprint density at radius 2 is 2.06 bits per heavy atom. The van der Waals surface area contributed by atoms with Gasteiger partial charge in [-0.3, -0.25) is 4.79 Å². The fourth-order valence-electron chi connectivity index (χ4n) is 1.90. The molecule has 17 heavy (non-hydrogen) atoms. The number of hydrogen-bond acceptors (Lipinski definition) is 1. The van der Waals surface area contributed by atoms with E-state index in [2.05, 4.69) is 6.92 Å². The lowest BCUT2D eigenvalue weighted by molar-refractivity contribution is 0.0907. The van der Waals surface area contributed by atoms with Crippen molar-refractivity contribution < 1.29 is 9.18 Å². The van der Waals surface area contributed by atoms with Crippen LogP contribution in [0, 0.1) is 11.7 Å². The fraction of sp³-hybridized carbons (Fsp3) is 0.500. The molecule has 0 spiro atoms. The van der Waals surface area contributed by atoms with E-state index >= 15 is 0 Å². The van der Waals surface area contributed by atoms with Gasteiger partial charge in [-0.2, -0.15) is 0 Å². The Bertz CT molecular complexity index is 370. The normalized spacial score (nSPS) is 12.5. The molecule has 1 aromatic rings. The smallest absolute Gasteiger partial charge is 0.166 e. The van der Waals surface area contributed by atoms with E-state index in [1.807, 2.05) is 6.92 Å². The van der Waals surface area contributed by atoms with Crippen molar-refractivity contribution in [1.29, 1.82) is 0 Å². The highest BCUT2D eigenvalue weighted by Crippen LogP contribution is 2.21. The third-order valence-corrected chi connectivity index (χ3v) is 3.14. The number of benzene rings is 1. The second-order valence-electron chi connectivity index (χ2n) is 4.27. The predicted octanol–water partition coefficient (Wildman–Crippen LogP) is 4.88. The van der Waals surface area contributed by atoms with Crippen molar-refractivity contribution in [3.05, 3.63) is 34.6 Å². The van der Waals surface area contributed by atoms with E-state index in [9.17, 15) is 9.18 Å². The Labute approximate surface area is 107 Å². The number of rotatable bonds is 6. The lowest BCUT2D eigenvalue weighted by atomic mass is 9.90. The molecule has 0 aliphatic carbocycles. The van der Waals surface area contributed by atoms with Gasteiger partial charge in [-0.05, 0) is 31.0 Å². The van der Waals surface area contributed by atoms with Gasteiger partial charge in [-0.25, -0.2) is 4.39 Å². The standard InChI is InChI=1S/C14H18ClFO/c1-3-5-6-10(4-2)14(17)11-7-12(15)9-13(16)8-11/h7-10H,3-6H2,1-2H3. The van der Waals surface area contributed by atoms with Gasteiger partial charge >= 0.3 is 0 Å². The van der Waals surface area contributed by atoms with Crippen LogP contribution in [0.1, 0.15) is 49.9 Å². The number of hydrogen-bond donors (Lipinski definition) is 0. The minimum atomic E-state index is -0.453. The highest BCUT2D eigenvalue weighted by Gasteiger charge is 2.18. The summed E-state index contributed by atoms with van der Waals surface area (Å²) in [6, 6.07) is 4.02. The van der Waals surface area contributed by atoms with Crippen molar-refractivity contribution in [2.45, 2.75) is 39.5 Å². The third kappa shape index (κ3) is 4.12. The van der Waals surface area contributed by atoms with Crippen LogP contribution in [-0.2, 0) is 0 Å². The average molecular weight is 257 g/mol. The second-order valence-corrected chi connectivity index (χ2v) is 4.71. The molecule has 0 saturated heterocycles. The number of ketones is 1. The summed E-state index contributed by atoms with van der Waals surface area (Å²) in [4.78, 5) is 12.2. The molecule has 1 nitrogen and oxygen atoms in total. The minimum Gasteiger partial charge on any atom is -0.294 e. The average Bonchev–Trinajstić information content (AvgIpc) is 2.28. The molecule has 1 rings (SSSR count). The summed E-state index contributed by atoms with van der Waals surface area (Å²) in [7, 11) is 0. The number of carbonyl (C=O) groups excluding carboxylic acids is 1. The molecule has 0 N–H and O–H groups in total.